The Morgan fingerprint density at radius 3 is 2.33 bits per heavy atom. The lowest BCUT2D eigenvalue weighted by atomic mass is 10.2. The van der Waals surface area contributed by atoms with E-state index in [9.17, 15) is 0 Å². The van der Waals surface area contributed by atoms with Gasteiger partial charge >= 0.3 is 0 Å². The maximum atomic E-state index is 4.62. The van der Waals surface area contributed by atoms with Crippen LogP contribution in [0.3, 0.4) is 0 Å². The zero-order chi connectivity index (χ0) is 15.2. The third-order valence-electron chi connectivity index (χ3n) is 3.76. The fourth-order valence-electron chi connectivity index (χ4n) is 2.22. The van der Waals surface area contributed by atoms with Crippen molar-refractivity contribution in [2.45, 2.75) is 52.0 Å². The van der Waals surface area contributed by atoms with Crippen LogP contribution in [0.4, 0.5) is 11.6 Å². The van der Waals surface area contributed by atoms with E-state index in [1.165, 1.54) is 12.8 Å². The summed E-state index contributed by atoms with van der Waals surface area (Å²) in [4.78, 5) is 11.6. The van der Waals surface area contributed by atoms with E-state index in [1.807, 2.05) is 6.07 Å². The zero-order valence-electron chi connectivity index (χ0n) is 13.8. The van der Waals surface area contributed by atoms with Crippen LogP contribution in [0.5, 0.6) is 0 Å². The minimum Gasteiger partial charge on any atom is -0.370 e. The van der Waals surface area contributed by atoms with Crippen LogP contribution in [-0.4, -0.2) is 47.6 Å². The van der Waals surface area contributed by atoms with E-state index in [2.05, 4.69) is 53.3 Å². The van der Waals surface area contributed by atoms with Gasteiger partial charge in [-0.15, -0.1) is 0 Å². The number of hydrogen-bond donors (Lipinski definition) is 2. The molecule has 0 amide bonds. The van der Waals surface area contributed by atoms with Crippen molar-refractivity contribution in [2.24, 2.45) is 0 Å². The summed E-state index contributed by atoms with van der Waals surface area (Å²) in [7, 11) is 2.20. The number of nitrogens with zero attached hydrogens (tertiary/aromatic N) is 3. The molecule has 118 valence electrons. The first kappa shape index (κ1) is 16.0. The molecule has 0 radical (unpaired) electrons. The molecule has 0 atom stereocenters. The Kier molecular flexibility index (Phi) is 5.79. The molecule has 1 aliphatic carbocycles. The van der Waals surface area contributed by atoms with Gasteiger partial charge in [0, 0.05) is 37.7 Å². The Morgan fingerprint density at radius 2 is 1.81 bits per heavy atom. The van der Waals surface area contributed by atoms with E-state index >= 15 is 0 Å². The van der Waals surface area contributed by atoms with Crippen molar-refractivity contribution in [3.05, 3.63) is 11.9 Å². The maximum Gasteiger partial charge on any atom is 0.135 e. The zero-order valence-corrected chi connectivity index (χ0v) is 13.8. The average molecular weight is 291 g/mol. The van der Waals surface area contributed by atoms with Gasteiger partial charge in [0.15, 0.2) is 0 Å². The molecule has 21 heavy (non-hydrogen) atoms. The second-order valence-corrected chi connectivity index (χ2v) is 6.22. The summed E-state index contributed by atoms with van der Waals surface area (Å²) in [6.45, 7) is 9.34. The van der Waals surface area contributed by atoms with E-state index in [4.69, 9.17) is 0 Å². The van der Waals surface area contributed by atoms with Gasteiger partial charge in [-0.3, -0.25) is 0 Å². The van der Waals surface area contributed by atoms with Gasteiger partial charge < -0.3 is 15.5 Å². The second kappa shape index (κ2) is 7.59. The minimum atomic E-state index is 0.336. The van der Waals surface area contributed by atoms with Gasteiger partial charge in [-0.1, -0.05) is 20.8 Å². The SMILES string of the molecule is CCCNc1cc(NCCN(C)C2CC2)nc(C(C)C)n1. The number of hydrogen-bond acceptors (Lipinski definition) is 5. The summed E-state index contributed by atoms with van der Waals surface area (Å²) in [5, 5.41) is 6.79. The highest BCUT2D eigenvalue weighted by molar-refractivity contribution is 5.47. The van der Waals surface area contributed by atoms with Crippen LogP contribution in [-0.2, 0) is 0 Å². The van der Waals surface area contributed by atoms with Crippen molar-refractivity contribution in [1.82, 2.24) is 14.9 Å². The second-order valence-electron chi connectivity index (χ2n) is 6.22. The van der Waals surface area contributed by atoms with Crippen molar-refractivity contribution < 1.29 is 0 Å². The number of likely N-dealkylation sites (N-methyl/N-ethyl adjacent to an activating group) is 1. The first-order valence-corrected chi connectivity index (χ1v) is 8.17. The Bertz CT molecular complexity index is 442. The standard InChI is InChI=1S/C16H29N5/c1-5-8-17-14-11-15(20-16(19-14)12(2)3)18-9-10-21(4)13-6-7-13/h11-13H,5-10H2,1-4H3,(H2,17,18,19,20). The molecule has 5 heteroatoms. The van der Waals surface area contributed by atoms with Crippen LogP contribution in [0, 0.1) is 0 Å². The summed E-state index contributed by atoms with van der Waals surface area (Å²) >= 11 is 0. The van der Waals surface area contributed by atoms with E-state index in [0.29, 0.717) is 5.92 Å². The number of rotatable bonds is 9. The Balaban J connectivity index is 1.93. The summed E-state index contributed by atoms with van der Waals surface area (Å²) in [5.41, 5.74) is 0. The van der Waals surface area contributed by atoms with Gasteiger partial charge in [0.05, 0.1) is 0 Å². The van der Waals surface area contributed by atoms with Crippen molar-refractivity contribution in [3.63, 3.8) is 0 Å². The predicted molar refractivity (Wildman–Crippen MR) is 89.0 cm³/mol. The molecule has 0 unspecified atom stereocenters. The first-order valence-electron chi connectivity index (χ1n) is 8.17. The van der Waals surface area contributed by atoms with Gasteiger partial charge in [0.25, 0.3) is 0 Å². The van der Waals surface area contributed by atoms with E-state index in [-0.39, 0.29) is 0 Å². The molecule has 1 fully saturated rings. The smallest absolute Gasteiger partial charge is 0.135 e. The van der Waals surface area contributed by atoms with Crippen molar-refractivity contribution >= 4 is 11.6 Å². The lowest BCUT2D eigenvalue weighted by Crippen LogP contribution is -2.27. The van der Waals surface area contributed by atoms with Crippen molar-refractivity contribution in [1.29, 1.82) is 0 Å². The summed E-state index contributed by atoms with van der Waals surface area (Å²) in [6, 6.07) is 2.82. The van der Waals surface area contributed by atoms with Crippen LogP contribution in [0.2, 0.25) is 0 Å². The molecule has 1 aliphatic rings. The monoisotopic (exact) mass is 291 g/mol. The summed E-state index contributed by atoms with van der Waals surface area (Å²) in [6.07, 6.45) is 3.80. The Hall–Kier alpha value is -1.36. The van der Waals surface area contributed by atoms with E-state index < -0.39 is 0 Å². The maximum absolute atomic E-state index is 4.62. The molecule has 1 heterocycles. The average Bonchev–Trinajstić information content (AvgIpc) is 3.29. The molecule has 0 saturated heterocycles. The third-order valence-corrected chi connectivity index (χ3v) is 3.76. The van der Waals surface area contributed by atoms with Gasteiger partial charge in [0.2, 0.25) is 0 Å². The molecule has 0 bridgehead atoms. The molecule has 0 aromatic carbocycles. The predicted octanol–water partition coefficient (Wildman–Crippen LogP) is 2.93. The fraction of sp³-hybridized carbons (Fsp3) is 0.750. The normalized spacial score (nSPS) is 14.8. The lowest BCUT2D eigenvalue weighted by Gasteiger charge is -2.17. The number of nitrogens with one attached hydrogen (secondary N) is 2. The molecule has 2 N–H and O–H groups in total. The summed E-state index contributed by atoms with van der Waals surface area (Å²) < 4.78 is 0. The molecule has 5 nitrogen and oxygen atoms in total. The van der Waals surface area contributed by atoms with E-state index in [1.54, 1.807) is 0 Å². The third kappa shape index (κ3) is 5.16. The number of aromatic nitrogens is 2. The lowest BCUT2D eigenvalue weighted by molar-refractivity contribution is 0.337. The van der Waals surface area contributed by atoms with Gasteiger partial charge in [0.1, 0.15) is 17.5 Å². The van der Waals surface area contributed by atoms with Crippen LogP contribution in [0.15, 0.2) is 6.07 Å². The molecule has 1 saturated carbocycles. The highest BCUT2D eigenvalue weighted by Gasteiger charge is 2.25. The van der Waals surface area contributed by atoms with Gasteiger partial charge in [-0.05, 0) is 26.3 Å². The fourth-order valence-corrected chi connectivity index (χ4v) is 2.22. The molecule has 0 spiro atoms. The molecular formula is C16H29N5. The minimum absolute atomic E-state index is 0.336. The quantitative estimate of drug-likeness (QED) is 0.732. The Morgan fingerprint density at radius 1 is 1.19 bits per heavy atom. The van der Waals surface area contributed by atoms with Crippen LogP contribution >= 0.6 is 0 Å². The molecule has 2 rings (SSSR count). The molecular weight excluding hydrogens is 262 g/mol. The van der Waals surface area contributed by atoms with Crippen LogP contribution in [0.25, 0.3) is 0 Å². The molecule has 0 aliphatic heterocycles. The largest absolute Gasteiger partial charge is 0.370 e. The highest BCUT2D eigenvalue weighted by atomic mass is 15.2. The van der Waals surface area contributed by atoms with Gasteiger partial charge in [-0.25, -0.2) is 9.97 Å². The van der Waals surface area contributed by atoms with E-state index in [0.717, 1.165) is 49.6 Å². The molecule has 1 aromatic rings. The topological polar surface area (TPSA) is 53.1 Å². The highest BCUT2D eigenvalue weighted by Crippen LogP contribution is 2.24. The summed E-state index contributed by atoms with van der Waals surface area (Å²) in [5.74, 6) is 3.09. The Labute approximate surface area is 128 Å². The van der Waals surface area contributed by atoms with Crippen molar-refractivity contribution in [3.8, 4) is 0 Å². The van der Waals surface area contributed by atoms with Crippen LogP contribution in [0.1, 0.15) is 51.8 Å². The number of anilines is 2. The van der Waals surface area contributed by atoms with Crippen LogP contribution < -0.4 is 10.6 Å². The molecule has 1 aromatic heterocycles. The first-order chi connectivity index (χ1) is 10.1. The van der Waals surface area contributed by atoms with Gasteiger partial charge in [-0.2, -0.15) is 0 Å². The van der Waals surface area contributed by atoms with Crippen molar-refractivity contribution in [2.75, 3.05) is 37.3 Å².